The molecule has 1 fully saturated rings. The Hall–Kier alpha value is -0.0400. The molecule has 0 amide bonds. The molecule has 1 aliphatic heterocycles. The van der Waals surface area contributed by atoms with Gasteiger partial charge in [-0.2, -0.15) is 0 Å². The van der Waals surface area contributed by atoms with Crippen molar-refractivity contribution in [2.45, 2.75) is 26.7 Å². The Morgan fingerprint density at radius 2 is 2.12 bits per heavy atom. The van der Waals surface area contributed by atoms with Crippen LogP contribution in [0.1, 0.15) is 26.7 Å². The van der Waals surface area contributed by atoms with Crippen LogP contribution in [0.2, 0.25) is 0 Å². The molecule has 0 unspecified atom stereocenters. The van der Waals surface area contributed by atoms with Crippen molar-refractivity contribution in [1.29, 1.82) is 0 Å². The number of hydrogen-bond donors (Lipinski definition) is 1. The molecule has 1 nitrogen and oxygen atoms in total. The lowest BCUT2D eigenvalue weighted by atomic mass is 9.85. The van der Waals surface area contributed by atoms with Gasteiger partial charge in [-0.05, 0) is 12.8 Å². The van der Waals surface area contributed by atoms with Gasteiger partial charge in [-0.15, -0.1) is 0 Å². The topological polar surface area (TPSA) is 16.6 Å². The van der Waals surface area contributed by atoms with Gasteiger partial charge in [0.2, 0.25) is 0 Å². The van der Waals surface area contributed by atoms with Gasteiger partial charge in [-0.3, -0.25) is 0 Å². The third kappa shape index (κ3) is 1.48. The minimum atomic E-state index is 0.623. The summed E-state index contributed by atoms with van der Waals surface area (Å²) >= 11 is 0. The van der Waals surface area contributed by atoms with Gasteiger partial charge in [0.1, 0.15) is 0 Å². The number of nitrogens with two attached hydrogens (primary N) is 1. The third-order valence-electron chi connectivity index (χ3n) is 1.96. The molecular weight excluding hydrogens is 98.1 g/mol. The average molecular weight is 114 g/mol. The summed E-state index contributed by atoms with van der Waals surface area (Å²) in [5.74, 6) is 0. The monoisotopic (exact) mass is 114 g/mol. The zero-order valence-corrected chi connectivity index (χ0v) is 5.91. The molecule has 1 rings (SSSR count). The SMILES string of the molecule is CC1(C)CCC[NH2+]C1. The molecule has 1 aliphatic rings. The van der Waals surface area contributed by atoms with Crippen LogP contribution in [-0.4, -0.2) is 13.1 Å². The van der Waals surface area contributed by atoms with Gasteiger partial charge in [-0.25, -0.2) is 0 Å². The lowest BCUT2D eigenvalue weighted by molar-refractivity contribution is -0.675. The number of quaternary nitrogens is 1. The van der Waals surface area contributed by atoms with E-state index in [0.29, 0.717) is 5.41 Å². The van der Waals surface area contributed by atoms with Crippen molar-refractivity contribution in [3.8, 4) is 0 Å². The number of hydrogen-bond acceptors (Lipinski definition) is 0. The molecule has 0 spiro atoms. The van der Waals surface area contributed by atoms with Crippen molar-refractivity contribution < 1.29 is 5.32 Å². The highest BCUT2D eigenvalue weighted by atomic mass is 14.9. The first kappa shape index (κ1) is 6.09. The quantitative estimate of drug-likeness (QED) is 0.468. The van der Waals surface area contributed by atoms with Crippen LogP contribution in [0.4, 0.5) is 0 Å². The van der Waals surface area contributed by atoms with Gasteiger partial charge in [0.25, 0.3) is 0 Å². The van der Waals surface area contributed by atoms with E-state index >= 15 is 0 Å². The highest BCUT2D eigenvalue weighted by Gasteiger charge is 2.22. The molecule has 2 N–H and O–H groups in total. The highest BCUT2D eigenvalue weighted by Crippen LogP contribution is 2.20. The summed E-state index contributed by atoms with van der Waals surface area (Å²) in [5.41, 5.74) is 0.623. The van der Waals surface area contributed by atoms with E-state index in [2.05, 4.69) is 19.2 Å². The molecular formula is C7H16N+. The first-order valence-corrected chi connectivity index (χ1v) is 3.52. The van der Waals surface area contributed by atoms with Crippen LogP contribution in [0.15, 0.2) is 0 Å². The van der Waals surface area contributed by atoms with Crippen LogP contribution >= 0.6 is 0 Å². The van der Waals surface area contributed by atoms with Gasteiger partial charge in [0, 0.05) is 5.41 Å². The Morgan fingerprint density at radius 1 is 1.38 bits per heavy atom. The predicted octanol–water partition coefficient (Wildman–Crippen LogP) is 0.370. The Kier molecular flexibility index (Phi) is 1.57. The fourth-order valence-corrected chi connectivity index (χ4v) is 1.32. The van der Waals surface area contributed by atoms with E-state index in [1.54, 1.807) is 0 Å². The Labute approximate surface area is 51.5 Å². The van der Waals surface area contributed by atoms with Crippen molar-refractivity contribution in [2.24, 2.45) is 5.41 Å². The van der Waals surface area contributed by atoms with E-state index in [9.17, 15) is 0 Å². The number of piperidine rings is 1. The maximum atomic E-state index is 2.42. The maximum Gasteiger partial charge on any atom is 0.0807 e. The second-order valence-corrected chi connectivity index (χ2v) is 3.55. The summed E-state index contributed by atoms with van der Waals surface area (Å²) in [7, 11) is 0. The zero-order valence-electron chi connectivity index (χ0n) is 5.91. The Morgan fingerprint density at radius 3 is 2.38 bits per heavy atom. The van der Waals surface area contributed by atoms with Crippen LogP contribution < -0.4 is 5.32 Å². The second kappa shape index (κ2) is 2.06. The zero-order chi connectivity index (χ0) is 6.04. The largest absolute Gasteiger partial charge is 0.346 e. The van der Waals surface area contributed by atoms with Crippen LogP contribution in [0.5, 0.6) is 0 Å². The standard InChI is InChI=1S/C7H15N/c1-7(2)4-3-5-8-6-7/h8H,3-6H2,1-2H3/p+1. The summed E-state index contributed by atoms with van der Waals surface area (Å²) < 4.78 is 0. The normalized spacial score (nSPS) is 27.8. The summed E-state index contributed by atoms with van der Waals surface area (Å²) in [5, 5.41) is 2.42. The van der Waals surface area contributed by atoms with Gasteiger partial charge in [0.15, 0.2) is 0 Å². The fraction of sp³-hybridized carbons (Fsp3) is 1.00. The molecule has 1 heterocycles. The Bertz CT molecular complexity index is 68.5. The average Bonchev–Trinajstić information content (AvgIpc) is 1.65. The van der Waals surface area contributed by atoms with Gasteiger partial charge < -0.3 is 5.32 Å². The molecule has 1 saturated heterocycles. The van der Waals surface area contributed by atoms with E-state index in [0.717, 1.165) is 0 Å². The second-order valence-electron chi connectivity index (χ2n) is 3.55. The first-order valence-electron chi connectivity index (χ1n) is 3.52. The minimum Gasteiger partial charge on any atom is -0.346 e. The predicted molar refractivity (Wildman–Crippen MR) is 34.7 cm³/mol. The number of rotatable bonds is 0. The van der Waals surface area contributed by atoms with Crippen molar-refractivity contribution >= 4 is 0 Å². The molecule has 0 aromatic carbocycles. The van der Waals surface area contributed by atoms with Crippen LogP contribution in [0.25, 0.3) is 0 Å². The summed E-state index contributed by atoms with van der Waals surface area (Å²) in [6.07, 6.45) is 2.83. The van der Waals surface area contributed by atoms with Crippen molar-refractivity contribution in [3.63, 3.8) is 0 Å². The Balaban J connectivity index is 2.33. The molecule has 8 heavy (non-hydrogen) atoms. The van der Waals surface area contributed by atoms with E-state index in [1.165, 1.54) is 25.9 Å². The summed E-state index contributed by atoms with van der Waals surface area (Å²) in [4.78, 5) is 0. The molecule has 0 radical (unpaired) electrons. The van der Waals surface area contributed by atoms with E-state index < -0.39 is 0 Å². The summed E-state index contributed by atoms with van der Waals surface area (Å²) in [6.45, 7) is 7.38. The highest BCUT2D eigenvalue weighted by molar-refractivity contribution is 4.68. The molecule has 0 bridgehead atoms. The van der Waals surface area contributed by atoms with E-state index in [4.69, 9.17) is 0 Å². The maximum absolute atomic E-state index is 2.42. The van der Waals surface area contributed by atoms with Crippen molar-refractivity contribution in [1.82, 2.24) is 0 Å². The van der Waals surface area contributed by atoms with Gasteiger partial charge >= 0.3 is 0 Å². The summed E-state index contributed by atoms with van der Waals surface area (Å²) in [6, 6.07) is 0. The minimum absolute atomic E-state index is 0.623. The van der Waals surface area contributed by atoms with Gasteiger partial charge in [0.05, 0.1) is 13.1 Å². The van der Waals surface area contributed by atoms with Crippen LogP contribution in [-0.2, 0) is 0 Å². The van der Waals surface area contributed by atoms with E-state index in [1.807, 2.05) is 0 Å². The smallest absolute Gasteiger partial charge is 0.0807 e. The van der Waals surface area contributed by atoms with Gasteiger partial charge in [-0.1, -0.05) is 13.8 Å². The molecule has 0 saturated carbocycles. The fourth-order valence-electron chi connectivity index (χ4n) is 1.32. The van der Waals surface area contributed by atoms with E-state index in [-0.39, 0.29) is 0 Å². The molecule has 0 aromatic rings. The third-order valence-corrected chi connectivity index (χ3v) is 1.96. The molecule has 1 heteroatoms. The van der Waals surface area contributed by atoms with Crippen molar-refractivity contribution in [2.75, 3.05) is 13.1 Å². The molecule has 0 atom stereocenters. The lowest BCUT2D eigenvalue weighted by Gasteiger charge is -2.26. The molecule has 0 aliphatic carbocycles. The van der Waals surface area contributed by atoms with Crippen LogP contribution in [0, 0.1) is 5.41 Å². The lowest BCUT2D eigenvalue weighted by Crippen LogP contribution is -2.88. The first-order chi connectivity index (χ1) is 3.71. The molecule has 48 valence electrons. The van der Waals surface area contributed by atoms with Crippen molar-refractivity contribution in [3.05, 3.63) is 0 Å². The van der Waals surface area contributed by atoms with Crippen LogP contribution in [0.3, 0.4) is 0 Å². The molecule has 0 aromatic heterocycles.